The van der Waals surface area contributed by atoms with Gasteiger partial charge in [0.15, 0.2) is 5.96 Å². The van der Waals surface area contributed by atoms with E-state index in [0.29, 0.717) is 6.54 Å². The van der Waals surface area contributed by atoms with Crippen LogP contribution in [0.1, 0.15) is 37.3 Å². The van der Waals surface area contributed by atoms with Gasteiger partial charge in [-0.15, -0.1) is 24.0 Å². The number of aromatic nitrogens is 3. The molecular weight excluding hydrogens is 487 g/mol. The first-order valence-corrected chi connectivity index (χ1v) is 10.3. The van der Waals surface area contributed by atoms with Crippen molar-refractivity contribution in [2.75, 3.05) is 13.1 Å². The maximum absolute atomic E-state index is 4.79. The molecule has 0 aliphatic heterocycles. The summed E-state index contributed by atoms with van der Waals surface area (Å²) in [5.74, 6) is 0.870. The number of aliphatic imine (C=N–C) groups is 1. The van der Waals surface area contributed by atoms with Crippen LogP contribution in [0.2, 0.25) is 0 Å². The maximum atomic E-state index is 4.79. The lowest BCUT2D eigenvalue weighted by atomic mass is 9.64. The molecule has 2 N–H and O–H groups in total. The molecule has 4 rings (SSSR count). The summed E-state index contributed by atoms with van der Waals surface area (Å²) in [6.07, 6.45) is 6.99. The fourth-order valence-corrected chi connectivity index (χ4v) is 3.82. The highest BCUT2D eigenvalue weighted by Gasteiger charge is 2.38. The Kier molecular flexibility index (Phi) is 7.84. The fourth-order valence-electron chi connectivity index (χ4n) is 3.82. The molecule has 0 amide bonds. The predicted molar refractivity (Wildman–Crippen MR) is 132 cm³/mol. The zero-order chi connectivity index (χ0) is 19.9. The number of guanidine groups is 1. The first-order valence-electron chi connectivity index (χ1n) is 10.3. The Labute approximate surface area is 195 Å². The van der Waals surface area contributed by atoms with E-state index in [9.17, 15) is 0 Å². The minimum atomic E-state index is 0. The summed E-state index contributed by atoms with van der Waals surface area (Å²) in [6.45, 7) is 4.48. The zero-order valence-corrected chi connectivity index (χ0v) is 19.6. The van der Waals surface area contributed by atoms with Crippen LogP contribution in [0.3, 0.4) is 0 Å². The molecule has 7 heteroatoms. The van der Waals surface area contributed by atoms with Crippen molar-refractivity contribution >= 4 is 29.9 Å². The van der Waals surface area contributed by atoms with Gasteiger partial charge >= 0.3 is 0 Å². The summed E-state index contributed by atoms with van der Waals surface area (Å²) in [5.41, 5.74) is 3.82. The molecule has 0 unspecified atom stereocenters. The van der Waals surface area contributed by atoms with Crippen LogP contribution < -0.4 is 10.6 Å². The smallest absolute Gasteiger partial charge is 0.191 e. The Morgan fingerprint density at radius 1 is 1.07 bits per heavy atom. The van der Waals surface area contributed by atoms with Crippen LogP contribution in [0.4, 0.5) is 0 Å². The normalized spacial score (nSPS) is 15.0. The van der Waals surface area contributed by atoms with E-state index < -0.39 is 0 Å². The molecule has 1 aromatic heterocycles. The summed E-state index contributed by atoms with van der Waals surface area (Å²) < 4.78 is 1.75. The van der Waals surface area contributed by atoms with Crippen LogP contribution in [0.25, 0.3) is 5.69 Å². The monoisotopic (exact) mass is 516 g/mol. The van der Waals surface area contributed by atoms with Crippen molar-refractivity contribution in [2.45, 2.75) is 38.1 Å². The van der Waals surface area contributed by atoms with E-state index in [4.69, 9.17) is 4.99 Å². The predicted octanol–water partition coefficient (Wildman–Crippen LogP) is 4.06. The molecule has 0 radical (unpaired) electrons. The lowest BCUT2D eigenvalue weighted by Gasteiger charge is -2.43. The molecule has 30 heavy (non-hydrogen) atoms. The highest BCUT2D eigenvalue weighted by Crippen LogP contribution is 2.43. The zero-order valence-electron chi connectivity index (χ0n) is 17.3. The summed E-state index contributed by atoms with van der Waals surface area (Å²) in [7, 11) is 0. The van der Waals surface area contributed by atoms with Crippen LogP contribution in [0, 0.1) is 0 Å². The number of hydrogen-bond donors (Lipinski definition) is 2. The minimum Gasteiger partial charge on any atom is -0.357 e. The largest absolute Gasteiger partial charge is 0.357 e. The third-order valence-electron chi connectivity index (χ3n) is 5.67. The van der Waals surface area contributed by atoms with Gasteiger partial charge in [0.1, 0.15) is 12.7 Å². The molecule has 0 atom stereocenters. The average molecular weight is 516 g/mol. The summed E-state index contributed by atoms with van der Waals surface area (Å²) in [5, 5.41) is 11.1. The van der Waals surface area contributed by atoms with Crippen molar-refractivity contribution in [3.8, 4) is 5.69 Å². The number of benzene rings is 2. The van der Waals surface area contributed by atoms with Gasteiger partial charge in [-0.25, -0.2) is 14.7 Å². The molecule has 2 aromatic carbocycles. The van der Waals surface area contributed by atoms with Crippen LogP contribution >= 0.6 is 24.0 Å². The molecular formula is C23H29IN6. The fraction of sp³-hybridized carbons (Fsp3) is 0.348. The number of halogens is 1. The van der Waals surface area contributed by atoms with Gasteiger partial charge in [0.2, 0.25) is 0 Å². The minimum absolute atomic E-state index is 0. The van der Waals surface area contributed by atoms with E-state index in [2.05, 4.69) is 70.1 Å². The molecule has 1 fully saturated rings. The molecule has 1 heterocycles. The van der Waals surface area contributed by atoms with Gasteiger partial charge in [0, 0.05) is 18.5 Å². The molecule has 1 saturated carbocycles. The second-order valence-electron chi connectivity index (χ2n) is 7.56. The SMILES string of the molecule is CCNC(=NCc1ccc(-n2cncn2)cc1)NCC1(c2ccccc2)CCC1.I. The maximum Gasteiger partial charge on any atom is 0.191 e. The third kappa shape index (κ3) is 5.19. The highest BCUT2D eigenvalue weighted by atomic mass is 127. The number of rotatable bonds is 7. The summed E-state index contributed by atoms with van der Waals surface area (Å²) in [4.78, 5) is 8.78. The van der Waals surface area contributed by atoms with Crippen molar-refractivity contribution in [2.24, 2.45) is 4.99 Å². The summed E-state index contributed by atoms with van der Waals surface area (Å²) in [6, 6.07) is 19.1. The first kappa shape index (κ1) is 22.3. The standard InChI is InChI=1S/C23H28N6.HI/c1-2-25-22(27-16-23(13-6-14-23)20-7-4-3-5-8-20)26-15-19-9-11-21(12-10-19)29-18-24-17-28-29;/h3-5,7-12,17-18H,2,6,13-16H2,1H3,(H2,25,26,27);1H. The van der Waals surface area contributed by atoms with Crippen LogP contribution in [0.15, 0.2) is 72.2 Å². The lowest BCUT2D eigenvalue weighted by Crippen LogP contribution is -2.48. The van der Waals surface area contributed by atoms with Gasteiger partial charge in [-0.3, -0.25) is 0 Å². The van der Waals surface area contributed by atoms with E-state index in [1.165, 1.54) is 31.2 Å². The molecule has 158 valence electrons. The van der Waals surface area contributed by atoms with Crippen molar-refractivity contribution in [3.63, 3.8) is 0 Å². The Bertz CT molecular complexity index is 918. The first-order chi connectivity index (χ1) is 14.3. The Hall–Kier alpha value is -2.42. The number of nitrogens with zero attached hydrogens (tertiary/aromatic N) is 4. The highest BCUT2D eigenvalue weighted by molar-refractivity contribution is 14.0. The van der Waals surface area contributed by atoms with Gasteiger partial charge in [-0.1, -0.05) is 48.9 Å². The van der Waals surface area contributed by atoms with Crippen LogP contribution in [-0.2, 0) is 12.0 Å². The molecule has 1 aliphatic carbocycles. The van der Waals surface area contributed by atoms with E-state index in [1.807, 2.05) is 12.1 Å². The van der Waals surface area contributed by atoms with Crippen molar-refractivity contribution in [1.29, 1.82) is 0 Å². The number of hydrogen-bond acceptors (Lipinski definition) is 3. The second-order valence-corrected chi connectivity index (χ2v) is 7.56. The van der Waals surface area contributed by atoms with Gasteiger partial charge < -0.3 is 10.6 Å². The quantitative estimate of drug-likeness (QED) is 0.283. The molecule has 0 bridgehead atoms. The third-order valence-corrected chi connectivity index (χ3v) is 5.67. The molecule has 3 aromatic rings. The molecule has 0 spiro atoms. The van der Waals surface area contributed by atoms with E-state index in [1.54, 1.807) is 11.0 Å². The van der Waals surface area contributed by atoms with Gasteiger partial charge in [-0.05, 0) is 43.0 Å². The Balaban J connectivity index is 0.00000256. The molecule has 1 aliphatic rings. The van der Waals surface area contributed by atoms with Crippen molar-refractivity contribution < 1.29 is 0 Å². The van der Waals surface area contributed by atoms with E-state index >= 15 is 0 Å². The Morgan fingerprint density at radius 2 is 1.83 bits per heavy atom. The topological polar surface area (TPSA) is 67.1 Å². The van der Waals surface area contributed by atoms with E-state index in [-0.39, 0.29) is 29.4 Å². The van der Waals surface area contributed by atoms with E-state index in [0.717, 1.165) is 30.3 Å². The average Bonchev–Trinajstić information content (AvgIpc) is 3.27. The molecule has 6 nitrogen and oxygen atoms in total. The molecule has 0 saturated heterocycles. The van der Waals surface area contributed by atoms with Crippen molar-refractivity contribution in [3.05, 3.63) is 78.4 Å². The Morgan fingerprint density at radius 3 is 2.43 bits per heavy atom. The van der Waals surface area contributed by atoms with Crippen LogP contribution in [-0.4, -0.2) is 33.8 Å². The van der Waals surface area contributed by atoms with Crippen molar-refractivity contribution in [1.82, 2.24) is 25.4 Å². The lowest BCUT2D eigenvalue weighted by molar-refractivity contribution is 0.244. The van der Waals surface area contributed by atoms with Gasteiger partial charge in [0.25, 0.3) is 0 Å². The number of nitrogens with one attached hydrogen (secondary N) is 2. The van der Waals surface area contributed by atoms with Gasteiger partial charge in [0.05, 0.1) is 12.2 Å². The summed E-state index contributed by atoms with van der Waals surface area (Å²) >= 11 is 0. The van der Waals surface area contributed by atoms with Crippen LogP contribution in [0.5, 0.6) is 0 Å². The van der Waals surface area contributed by atoms with Gasteiger partial charge in [-0.2, -0.15) is 5.10 Å². The second kappa shape index (κ2) is 10.6.